The Morgan fingerprint density at radius 2 is 1.82 bits per heavy atom. The maximum atomic E-state index is 11.9. The third kappa shape index (κ3) is 3.07. The number of aliphatic hydroxyl groups is 1. The molecule has 17 heavy (non-hydrogen) atoms. The molecule has 0 aliphatic rings. The SMILES string of the molecule is C[C@@H](C(=O)N(C)C)[C@@](C)(O)c1ccc(Br)cc1. The maximum Gasteiger partial charge on any atom is 0.228 e. The number of hydrogen-bond acceptors (Lipinski definition) is 2. The first kappa shape index (κ1) is 14.2. The Morgan fingerprint density at radius 3 is 2.24 bits per heavy atom. The van der Waals surface area contributed by atoms with Crippen LogP contribution in [0.25, 0.3) is 0 Å². The molecule has 4 heteroatoms. The third-order valence-corrected chi connectivity index (χ3v) is 3.61. The zero-order valence-corrected chi connectivity index (χ0v) is 12.2. The summed E-state index contributed by atoms with van der Waals surface area (Å²) in [5.41, 5.74) is -0.425. The molecule has 0 radical (unpaired) electrons. The summed E-state index contributed by atoms with van der Waals surface area (Å²) in [6.45, 7) is 3.41. The molecule has 1 rings (SSSR count). The van der Waals surface area contributed by atoms with Crippen molar-refractivity contribution in [3.8, 4) is 0 Å². The Bertz CT molecular complexity index is 398. The molecular formula is C13H18BrNO2. The highest BCUT2D eigenvalue weighted by molar-refractivity contribution is 9.10. The second kappa shape index (κ2) is 5.19. The van der Waals surface area contributed by atoms with E-state index < -0.39 is 11.5 Å². The predicted molar refractivity (Wildman–Crippen MR) is 71.6 cm³/mol. The molecule has 2 atom stereocenters. The molecule has 1 amide bonds. The summed E-state index contributed by atoms with van der Waals surface area (Å²) >= 11 is 3.34. The quantitative estimate of drug-likeness (QED) is 0.931. The number of carbonyl (C=O) groups is 1. The molecule has 0 unspecified atom stereocenters. The zero-order chi connectivity index (χ0) is 13.2. The first-order chi connectivity index (χ1) is 7.76. The van der Waals surface area contributed by atoms with Crippen molar-refractivity contribution in [2.45, 2.75) is 19.4 Å². The van der Waals surface area contributed by atoms with Crippen LogP contribution in [0.15, 0.2) is 28.7 Å². The van der Waals surface area contributed by atoms with E-state index in [0.717, 1.165) is 10.0 Å². The van der Waals surface area contributed by atoms with Crippen LogP contribution in [0.3, 0.4) is 0 Å². The largest absolute Gasteiger partial charge is 0.385 e. The molecular weight excluding hydrogens is 282 g/mol. The Hall–Kier alpha value is -0.870. The molecule has 0 aliphatic carbocycles. The molecule has 0 heterocycles. The molecule has 0 saturated heterocycles. The number of carbonyl (C=O) groups excluding carboxylic acids is 1. The van der Waals surface area contributed by atoms with Crippen LogP contribution in [0.4, 0.5) is 0 Å². The van der Waals surface area contributed by atoms with Gasteiger partial charge in [0.25, 0.3) is 0 Å². The molecule has 0 saturated carbocycles. The molecule has 1 aromatic carbocycles. The lowest BCUT2D eigenvalue weighted by Gasteiger charge is -2.31. The Morgan fingerprint density at radius 1 is 1.35 bits per heavy atom. The van der Waals surface area contributed by atoms with Gasteiger partial charge in [-0.25, -0.2) is 0 Å². The minimum Gasteiger partial charge on any atom is -0.385 e. The van der Waals surface area contributed by atoms with Crippen LogP contribution in [-0.4, -0.2) is 30.0 Å². The molecule has 0 fully saturated rings. The Labute approximate surface area is 111 Å². The average molecular weight is 300 g/mol. The minimum atomic E-state index is -1.16. The molecule has 0 spiro atoms. The van der Waals surface area contributed by atoms with Crippen LogP contribution in [0.1, 0.15) is 19.4 Å². The first-order valence-electron chi connectivity index (χ1n) is 5.46. The van der Waals surface area contributed by atoms with Gasteiger partial charge in [0.1, 0.15) is 0 Å². The smallest absolute Gasteiger partial charge is 0.228 e. The molecule has 0 aromatic heterocycles. The summed E-state index contributed by atoms with van der Waals surface area (Å²) in [4.78, 5) is 13.4. The highest BCUT2D eigenvalue weighted by Crippen LogP contribution is 2.30. The topological polar surface area (TPSA) is 40.5 Å². The highest BCUT2D eigenvalue weighted by atomic mass is 79.9. The average Bonchev–Trinajstić information content (AvgIpc) is 2.27. The highest BCUT2D eigenvalue weighted by Gasteiger charge is 2.36. The number of halogens is 1. The number of benzene rings is 1. The van der Waals surface area contributed by atoms with E-state index in [1.54, 1.807) is 27.9 Å². The summed E-state index contributed by atoms with van der Waals surface area (Å²) in [5.74, 6) is -0.573. The van der Waals surface area contributed by atoms with Gasteiger partial charge in [-0.2, -0.15) is 0 Å². The van der Waals surface area contributed by atoms with E-state index >= 15 is 0 Å². The molecule has 0 bridgehead atoms. The van der Waals surface area contributed by atoms with E-state index in [4.69, 9.17) is 0 Å². The lowest BCUT2D eigenvalue weighted by Crippen LogP contribution is -2.41. The van der Waals surface area contributed by atoms with E-state index in [-0.39, 0.29) is 5.91 Å². The summed E-state index contributed by atoms with van der Waals surface area (Å²) in [6, 6.07) is 7.36. The van der Waals surface area contributed by atoms with Gasteiger partial charge in [-0.05, 0) is 24.6 Å². The fourth-order valence-corrected chi connectivity index (χ4v) is 1.93. The second-order valence-corrected chi connectivity index (χ2v) is 5.52. The van der Waals surface area contributed by atoms with Gasteiger partial charge < -0.3 is 10.0 Å². The van der Waals surface area contributed by atoms with Crippen LogP contribution in [0.5, 0.6) is 0 Å². The fourth-order valence-electron chi connectivity index (χ4n) is 1.67. The van der Waals surface area contributed by atoms with Gasteiger partial charge >= 0.3 is 0 Å². The minimum absolute atomic E-state index is 0.0853. The lowest BCUT2D eigenvalue weighted by atomic mass is 9.83. The van der Waals surface area contributed by atoms with Gasteiger partial charge in [0.2, 0.25) is 5.91 Å². The van der Waals surface area contributed by atoms with Gasteiger partial charge in [-0.3, -0.25) is 4.79 Å². The van der Waals surface area contributed by atoms with Crippen molar-refractivity contribution in [3.05, 3.63) is 34.3 Å². The van der Waals surface area contributed by atoms with Crippen molar-refractivity contribution in [2.24, 2.45) is 5.92 Å². The number of hydrogen-bond donors (Lipinski definition) is 1. The van der Waals surface area contributed by atoms with Crippen molar-refractivity contribution in [3.63, 3.8) is 0 Å². The second-order valence-electron chi connectivity index (χ2n) is 4.61. The van der Waals surface area contributed by atoms with Crippen LogP contribution in [-0.2, 0) is 10.4 Å². The Balaban J connectivity index is 3.01. The van der Waals surface area contributed by atoms with E-state index in [2.05, 4.69) is 15.9 Å². The van der Waals surface area contributed by atoms with Gasteiger partial charge in [0, 0.05) is 18.6 Å². The van der Waals surface area contributed by atoms with Crippen molar-refractivity contribution >= 4 is 21.8 Å². The van der Waals surface area contributed by atoms with Crippen LogP contribution in [0.2, 0.25) is 0 Å². The molecule has 1 aromatic rings. The number of nitrogens with zero attached hydrogens (tertiary/aromatic N) is 1. The summed E-state index contributed by atoms with van der Waals surface area (Å²) in [6.07, 6.45) is 0. The van der Waals surface area contributed by atoms with Gasteiger partial charge in [0.05, 0.1) is 11.5 Å². The third-order valence-electron chi connectivity index (χ3n) is 3.08. The van der Waals surface area contributed by atoms with E-state index in [1.165, 1.54) is 4.90 Å². The van der Waals surface area contributed by atoms with Gasteiger partial charge in [-0.1, -0.05) is 35.0 Å². The zero-order valence-electron chi connectivity index (χ0n) is 10.6. The van der Waals surface area contributed by atoms with Crippen molar-refractivity contribution in [2.75, 3.05) is 14.1 Å². The summed E-state index contributed by atoms with van der Waals surface area (Å²) in [5, 5.41) is 10.5. The van der Waals surface area contributed by atoms with Crippen LogP contribution in [0, 0.1) is 5.92 Å². The summed E-state index contributed by atoms with van der Waals surface area (Å²) in [7, 11) is 3.38. The van der Waals surface area contributed by atoms with Crippen molar-refractivity contribution in [1.82, 2.24) is 4.90 Å². The fraction of sp³-hybridized carbons (Fsp3) is 0.462. The number of rotatable bonds is 3. The molecule has 0 aliphatic heterocycles. The van der Waals surface area contributed by atoms with Crippen molar-refractivity contribution < 1.29 is 9.90 Å². The van der Waals surface area contributed by atoms with E-state index in [0.29, 0.717) is 0 Å². The lowest BCUT2D eigenvalue weighted by molar-refractivity contribution is -0.141. The first-order valence-corrected chi connectivity index (χ1v) is 6.25. The number of amides is 1. The van der Waals surface area contributed by atoms with Crippen LogP contribution < -0.4 is 0 Å². The Kier molecular flexibility index (Phi) is 4.33. The maximum absolute atomic E-state index is 11.9. The normalized spacial score (nSPS) is 16.1. The van der Waals surface area contributed by atoms with Crippen molar-refractivity contribution in [1.29, 1.82) is 0 Å². The van der Waals surface area contributed by atoms with Gasteiger partial charge in [0.15, 0.2) is 0 Å². The monoisotopic (exact) mass is 299 g/mol. The molecule has 3 nitrogen and oxygen atoms in total. The van der Waals surface area contributed by atoms with Gasteiger partial charge in [-0.15, -0.1) is 0 Å². The molecule has 94 valence electrons. The van der Waals surface area contributed by atoms with E-state index in [1.807, 2.05) is 24.3 Å². The standard InChI is InChI=1S/C13H18BrNO2/c1-9(12(16)15(3)4)13(2,17)10-5-7-11(14)8-6-10/h5-9,17H,1-4H3/t9-,13+/m0/s1. The molecule has 1 N–H and O–H groups in total. The van der Waals surface area contributed by atoms with E-state index in [9.17, 15) is 9.90 Å². The predicted octanol–water partition coefficient (Wildman–Crippen LogP) is 2.38. The van der Waals surface area contributed by atoms with Crippen LogP contribution >= 0.6 is 15.9 Å². The summed E-state index contributed by atoms with van der Waals surface area (Å²) < 4.78 is 0.948.